The van der Waals surface area contributed by atoms with E-state index in [0.717, 1.165) is 31.6 Å². The topological polar surface area (TPSA) is 43.6 Å². The average molecular weight is 230 g/mol. The molecule has 0 radical (unpaired) electrons. The minimum atomic E-state index is 0.739. The molecular weight excluding hydrogens is 212 g/mol. The molecule has 0 N–H and O–H groups in total. The zero-order valence-corrected chi connectivity index (χ0v) is 10.4. The van der Waals surface area contributed by atoms with E-state index in [2.05, 4.69) is 46.6 Å². The summed E-state index contributed by atoms with van der Waals surface area (Å²) in [6.07, 6.45) is 3.36. The van der Waals surface area contributed by atoms with Gasteiger partial charge >= 0.3 is 0 Å². The molecule has 0 amide bonds. The van der Waals surface area contributed by atoms with Gasteiger partial charge in [0.05, 0.1) is 6.54 Å². The Balaban J connectivity index is 1.71. The van der Waals surface area contributed by atoms with Crippen LogP contribution in [-0.4, -0.2) is 20.2 Å². The minimum absolute atomic E-state index is 0.739. The monoisotopic (exact) mass is 230 g/mol. The maximum absolute atomic E-state index is 4.16. The normalized spacial score (nSPS) is 10.7. The van der Waals surface area contributed by atoms with Crippen LogP contribution in [0.5, 0.6) is 0 Å². The van der Waals surface area contributed by atoms with Crippen molar-refractivity contribution < 1.29 is 0 Å². The summed E-state index contributed by atoms with van der Waals surface area (Å²) >= 11 is 0. The van der Waals surface area contributed by atoms with Gasteiger partial charge in [0.1, 0.15) is 0 Å². The van der Waals surface area contributed by atoms with Gasteiger partial charge in [0, 0.05) is 0 Å². The molecule has 0 aliphatic heterocycles. The van der Waals surface area contributed by atoms with Crippen molar-refractivity contribution in [2.45, 2.75) is 39.7 Å². The molecule has 0 bridgehead atoms. The largest absolute Gasteiger partial charge is 0.171 e. The Kier molecular flexibility index (Phi) is 3.85. The molecule has 0 fully saturated rings. The quantitative estimate of drug-likeness (QED) is 0.740. The summed E-state index contributed by atoms with van der Waals surface area (Å²) in [7, 11) is 0. The third kappa shape index (κ3) is 3.66. The van der Waals surface area contributed by atoms with Crippen LogP contribution in [0.15, 0.2) is 24.3 Å². The second-order valence-electron chi connectivity index (χ2n) is 4.38. The van der Waals surface area contributed by atoms with E-state index in [0.29, 0.717) is 0 Å². The number of unbranched alkanes of at least 4 members (excludes halogenated alkanes) is 1. The van der Waals surface area contributed by atoms with Gasteiger partial charge in [-0.15, -0.1) is 10.2 Å². The Bertz CT molecular complexity index is 459. The molecule has 90 valence electrons. The molecule has 4 nitrogen and oxygen atoms in total. The molecule has 0 saturated carbocycles. The molecule has 0 saturated heterocycles. The van der Waals surface area contributed by atoms with Gasteiger partial charge in [-0.2, -0.15) is 4.80 Å². The number of hydrogen-bond acceptors (Lipinski definition) is 3. The summed E-state index contributed by atoms with van der Waals surface area (Å²) in [5.41, 5.74) is 2.72. The van der Waals surface area contributed by atoms with Gasteiger partial charge in [0.15, 0.2) is 5.82 Å². The van der Waals surface area contributed by atoms with Crippen LogP contribution < -0.4 is 0 Å². The lowest BCUT2D eigenvalue weighted by molar-refractivity contribution is 0.487. The first-order valence-corrected chi connectivity index (χ1v) is 6.04. The van der Waals surface area contributed by atoms with Gasteiger partial charge in [-0.3, -0.25) is 0 Å². The second kappa shape index (κ2) is 5.57. The first-order valence-electron chi connectivity index (χ1n) is 6.04. The van der Waals surface area contributed by atoms with Gasteiger partial charge in [0.2, 0.25) is 0 Å². The van der Waals surface area contributed by atoms with Crippen molar-refractivity contribution in [1.82, 2.24) is 20.2 Å². The van der Waals surface area contributed by atoms with E-state index in [4.69, 9.17) is 0 Å². The number of tetrazole rings is 1. The Morgan fingerprint density at radius 1 is 1.06 bits per heavy atom. The first kappa shape index (κ1) is 11.8. The minimum Gasteiger partial charge on any atom is -0.164 e. The van der Waals surface area contributed by atoms with Crippen LogP contribution in [0.3, 0.4) is 0 Å². The number of aryl methyl sites for hydroxylation is 4. The molecular formula is C13H18N4. The molecule has 2 aromatic rings. The van der Waals surface area contributed by atoms with Crippen LogP contribution in [-0.2, 0) is 13.0 Å². The Hall–Kier alpha value is -1.71. The van der Waals surface area contributed by atoms with E-state index in [9.17, 15) is 0 Å². The summed E-state index contributed by atoms with van der Waals surface area (Å²) in [6.45, 7) is 4.82. The zero-order chi connectivity index (χ0) is 12.1. The number of hydrogen-bond donors (Lipinski definition) is 0. The van der Waals surface area contributed by atoms with E-state index >= 15 is 0 Å². The summed E-state index contributed by atoms with van der Waals surface area (Å²) in [5.74, 6) is 0.739. The lowest BCUT2D eigenvalue weighted by Crippen LogP contribution is -2.03. The molecule has 0 unspecified atom stereocenters. The highest BCUT2D eigenvalue weighted by atomic mass is 15.6. The lowest BCUT2D eigenvalue weighted by atomic mass is 10.1. The van der Waals surface area contributed by atoms with Crippen LogP contribution in [0.25, 0.3) is 0 Å². The number of nitrogens with zero attached hydrogens (tertiary/aromatic N) is 4. The first-order chi connectivity index (χ1) is 8.24. The highest BCUT2D eigenvalue weighted by Gasteiger charge is 1.98. The van der Waals surface area contributed by atoms with E-state index < -0.39 is 0 Å². The van der Waals surface area contributed by atoms with E-state index in [1.54, 1.807) is 4.80 Å². The molecule has 0 aliphatic carbocycles. The van der Waals surface area contributed by atoms with Crippen LogP contribution >= 0.6 is 0 Å². The van der Waals surface area contributed by atoms with Crippen LogP contribution in [0, 0.1) is 13.8 Å². The Morgan fingerprint density at radius 2 is 1.82 bits per heavy atom. The molecule has 17 heavy (non-hydrogen) atoms. The highest BCUT2D eigenvalue weighted by Crippen LogP contribution is 2.07. The molecule has 0 spiro atoms. The third-order valence-electron chi connectivity index (χ3n) is 2.75. The zero-order valence-electron chi connectivity index (χ0n) is 10.4. The smallest absolute Gasteiger partial charge is 0.164 e. The number of benzene rings is 1. The standard InChI is InChI=1S/C13H18N4/c1-11-6-8-13(9-7-11)5-3-4-10-17-15-12(2)14-16-17/h6-9H,3-5,10H2,1-2H3. The Labute approximate surface area is 102 Å². The molecule has 1 aromatic carbocycles. The second-order valence-corrected chi connectivity index (χ2v) is 4.38. The Morgan fingerprint density at radius 3 is 2.47 bits per heavy atom. The van der Waals surface area contributed by atoms with Crippen molar-refractivity contribution in [3.8, 4) is 0 Å². The maximum atomic E-state index is 4.16. The fourth-order valence-electron chi connectivity index (χ4n) is 1.76. The summed E-state index contributed by atoms with van der Waals surface area (Å²) < 4.78 is 0. The van der Waals surface area contributed by atoms with Crippen molar-refractivity contribution in [3.05, 3.63) is 41.2 Å². The fourth-order valence-corrected chi connectivity index (χ4v) is 1.76. The van der Waals surface area contributed by atoms with Crippen molar-refractivity contribution >= 4 is 0 Å². The van der Waals surface area contributed by atoms with Gasteiger partial charge < -0.3 is 0 Å². The number of aromatic nitrogens is 4. The van der Waals surface area contributed by atoms with Gasteiger partial charge in [-0.25, -0.2) is 0 Å². The molecule has 1 aromatic heterocycles. The predicted molar refractivity (Wildman–Crippen MR) is 66.7 cm³/mol. The van der Waals surface area contributed by atoms with Crippen LogP contribution in [0.4, 0.5) is 0 Å². The van der Waals surface area contributed by atoms with Crippen molar-refractivity contribution in [3.63, 3.8) is 0 Å². The summed E-state index contributed by atoms with van der Waals surface area (Å²) in [5, 5.41) is 12.0. The predicted octanol–water partition coefficient (Wildman–Crippen LogP) is 2.31. The SMILES string of the molecule is Cc1ccc(CCCCn2nnc(C)n2)cc1. The average Bonchev–Trinajstić information content (AvgIpc) is 2.73. The molecule has 2 rings (SSSR count). The van der Waals surface area contributed by atoms with Crippen LogP contribution in [0.1, 0.15) is 29.8 Å². The highest BCUT2D eigenvalue weighted by molar-refractivity contribution is 5.21. The molecule has 0 aliphatic rings. The molecule has 4 heteroatoms. The van der Waals surface area contributed by atoms with E-state index in [1.807, 2.05) is 6.92 Å². The molecule has 0 atom stereocenters. The third-order valence-corrected chi connectivity index (χ3v) is 2.75. The molecule has 1 heterocycles. The summed E-state index contributed by atoms with van der Waals surface area (Å²) in [6, 6.07) is 8.73. The maximum Gasteiger partial charge on any atom is 0.171 e. The van der Waals surface area contributed by atoms with E-state index in [-0.39, 0.29) is 0 Å². The van der Waals surface area contributed by atoms with Gasteiger partial charge in [-0.1, -0.05) is 29.8 Å². The van der Waals surface area contributed by atoms with Gasteiger partial charge in [0.25, 0.3) is 0 Å². The van der Waals surface area contributed by atoms with Crippen molar-refractivity contribution in [2.75, 3.05) is 0 Å². The van der Waals surface area contributed by atoms with Crippen molar-refractivity contribution in [2.24, 2.45) is 0 Å². The number of rotatable bonds is 5. The summed E-state index contributed by atoms with van der Waals surface area (Å²) in [4.78, 5) is 1.67. The lowest BCUT2D eigenvalue weighted by Gasteiger charge is -2.02. The van der Waals surface area contributed by atoms with Crippen LogP contribution in [0.2, 0.25) is 0 Å². The van der Waals surface area contributed by atoms with Gasteiger partial charge in [-0.05, 0) is 43.9 Å². The van der Waals surface area contributed by atoms with E-state index in [1.165, 1.54) is 11.1 Å². The van der Waals surface area contributed by atoms with Crippen molar-refractivity contribution in [1.29, 1.82) is 0 Å². The fraction of sp³-hybridized carbons (Fsp3) is 0.462.